The number of rotatable bonds is 5. The maximum Gasteiger partial charge on any atom is 0.191 e. The van der Waals surface area contributed by atoms with Crippen LogP contribution in [0, 0.1) is 0 Å². The fourth-order valence-corrected chi connectivity index (χ4v) is 3.65. The number of ether oxygens (including phenoxy) is 1. The molecule has 3 rings (SSSR count). The molecule has 6 heteroatoms. The predicted octanol–water partition coefficient (Wildman–Crippen LogP) is 2.41. The van der Waals surface area contributed by atoms with Crippen molar-refractivity contribution < 1.29 is 4.74 Å². The summed E-state index contributed by atoms with van der Waals surface area (Å²) < 4.78 is 8.06. The summed E-state index contributed by atoms with van der Waals surface area (Å²) in [6.45, 7) is 4.65. The zero-order chi connectivity index (χ0) is 14.8. The van der Waals surface area contributed by atoms with Crippen LogP contribution in [0.5, 0.6) is 5.75 Å². The Morgan fingerprint density at radius 3 is 2.90 bits per heavy atom. The SMILES string of the molecule is CC(C)n1c(CN)nnc1SCC1Cc2ccccc2O1. The Morgan fingerprint density at radius 2 is 2.19 bits per heavy atom. The minimum absolute atomic E-state index is 0.200. The van der Waals surface area contributed by atoms with Crippen LogP contribution in [0.15, 0.2) is 29.4 Å². The molecular formula is C15H20N4OS. The lowest BCUT2D eigenvalue weighted by Crippen LogP contribution is -2.17. The number of fused-ring (bicyclic) bond motifs is 1. The molecule has 0 bridgehead atoms. The number of nitrogens with two attached hydrogens (primary N) is 1. The molecule has 0 amide bonds. The molecule has 0 saturated carbocycles. The van der Waals surface area contributed by atoms with Gasteiger partial charge in [-0.25, -0.2) is 0 Å². The number of hydrogen-bond acceptors (Lipinski definition) is 5. The number of para-hydroxylation sites is 1. The quantitative estimate of drug-likeness (QED) is 0.859. The van der Waals surface area contributed by atoms with Gasteiger partial charge in [0.15, 0.2) is 5.16 Å². The fourth-order valence-electron chi connectivity index (χ4n) is 2.58. The third kappa shape index (κ3) is 2.91. The molecule has 2 aromatic rings. The molecule has 0 aliphatic carbocycles. The van der Waals surface area contributed by atoms with Crippen LogP contribution in [0.4, 0.5) is 0 Å². The Morgan fingerprint density at radius 1 is 1.38 bits per heavy atom. The maximum atomic E-state index is 5.96. The summed E-state index contributed by atoms with van der Waals surface area (Å²) in [6, 6.07) is 8.53. The molecule has 1 aromatic heterocycles. The lowest BCUT2D eigenvalue weighted by Gasteiger charge is -2.14. The van der Waals surface area contributed by atoms with Crippen LogP contribution >= 0.6 is 11.8 Å². The van der Waals surface area contributed by atoms with E-state index in [4.69, 9.17) is 10.5 Å². The Kier molecular flexibility index (Phi) is 4.17. The highest BCUT2D eigenvalue weighted by Crippen LogP contribution is 2.31. The first-order chi connectivity index (χ1) is 10.2. The first kappa shape index (κ1) is 14.4. The van der Waals surface area contributed by atoms with Crippen LogP contribution in [-0.2, 0) is 13.0 Å². The Bertz CT molecular complexity index is 601. The average molecular weight is 304 g/mol. The van der Waals surface area contributed by atoms with Crippen LogP contribution < -0.4 is 10.5 Å². The van der Waals surface area contributed by atoms with Gasteiger partial charge < -0.3 is 15.0 Å². The number of thioether (sulfide) groups is 1. The van der Waals surface area contributed by atoms with Gasteiger partial charge in [0.2, 0.25) is 0 Å². The second kappa shape index (κ2) is 6.07. The molecule has 0 fully saturated rings. The summed E-state index contributed by atoms with van der Waals surface area (Å²) in [6.07, 6.45) is 1.16. The molecule has 1 atom stereocenters. The highest BCUT2D eigenvalue weighted by Gasteiger charge is 2.24. The number of hydrogen-bond donors (Lipinski definition) is 1. The van der Waals surface area contributed by atoms with Gasteiger partial charge >= 0.3 is 0 Å². The van der Waals surface area contributed by atoms with Gasteiger partial charge in [0.05, 0.1) is 6.54 Å². The summed E-state index contributed by atoms with van der Waals surface area (Å²) in [5, 5.41) is 9.35. The Hall–Kier alpha value is -1.53. The highest BCUT2D eigenvalue weighted by molar-refractivity contribution is 7.99. The molecule has 112 valence electrons. The van der Waals surface area contributed by atoms with E-state index in [9.17, 15) is 0 Å². The Labute approximate surface area is 128 Å². The number of benzene rings is 1. The minimum atomic E-state index is 0.200. The lowest BCUT2D eigenvalue weighted by molar-refractivity contribution is 0.259. The van der Waals surface area contributed by atoms with E-state index in [0.29, 0.717) is 12.6 Å². The zero-order valence-corrected chi connectivity index (χ0v) is 13.1. The molecule has 0 saturated heterocycles. The van der Waals surface area contributed by atoms with Crippen molar-refractivity contribution in [2.24, 2.45) is 5.73 Å². The van der Waals surface area contributed by atoms with Crippen LogP contribution in [0.1, 0.15) is 31.3 Å². The third-order valence-corrected chi connectivity index (χ3v) is 4.62. The summed E-state index contributed by atoms with van der Waals surface area (Å²) in [7, 11) is 0. The predicted molar refractivity (Wildman–Crippen MR) is 83.6 cm³/mol. The van der Waals surface area contributed by atoms with Gasteiger partial charge in [0, 0.05) is 18.2 Å². The molecule has 5 nitrogen and oxygen atoms in total. The molecule has 21 heavy (non-hydrogen) atoms. The summed E-state index contributed by atoms with van der Waals surface area (Å²) >= 11 is 1.69. The fraction of sp³-hybridized carbons (Fsp3) is 0.467. The minimum Gasteiger partial charge on any atom is -0.489 e. The van der Waals surface area contributed by atoms with Crippen molar-refractivity contribution in [1.82, 2.24) is 14.8 Å². The van der Waals surface area contributed by atoms with Crippen LogP contribution in [0.2, 0.25) is 0 Å². The first-order valence-electron chi connectivity index (χ1n) is 7.20. The van der Waals surface area contributed by atoms with E-state index in [2.05, 4.69) is 40.7 Å². The zero-order valence-electron chi connectivity index (χ0n) is 12.3. The Balaban J connectivity index is 1.66. The van der Waals surface area contributed by atoms with Crippen molar-refractivity contribution in [3.05, 3.63) is 35.7 Å². The molecule has 2 heterocycles. The molecule has 1 unspecified atom stereocenters. The standard InChI is InChI=1S/C15H20N4OS/c1-10(2)19-14(8-16)17-18-15(19)21-9-12-7-11-5-3-4-6-13(11)20-12/h3-6,10,12H,7-9,16H2,1-2H3. The van der Waals surface area contributed by atoms with Gasteiger partial charge in [0.25, 0.3) is 0 Å². The average Bonchev–Trinajstić information content (AvgIpc) is 3.07. The third-order valence-electron chi connectivity index (χ3n) is 3.55. The van der Waals surface area contributed by atoms with Crippen LogP contribution in [0.25, 0.3) is 0 Å². The topological polar surface area (TPSA) is 66.0 Å². The van der Waals surface area contributed by atoms with E-state index in [1.165, 1.54) is 5.56 Å². The second-order valence-corrected chi connectivity index (χ2v) is 6.42. The van der Waals surface area contributed by atoms with Crippen molar-refractivity contribution in [3.8, 4) is 5.75 Å². The monoisotopic (exact) mass is 304 g/mol. The second-order valence-electron chi connectivity index (χ2n) is 5.43. The summed E-state index contributed by atoms with van der Waals surface area (Å²) in [5.74, 6) is 2.71. The van der Waals surface area contributed by atoms with E-state index < -0.39 is 0 Å². The molecule has 0 spiro atoms. The maximum absolute atomic E-state index is 5.96. The van der Waals surface area contributed by atoms with E-state index >= 15 is 0 Å². The van der Waals surface area contributed by atoms with E-state index in [-0.39, 0.29) is 6.10 Å². The van der Waals surface area contributed by atoms with Crippen molar-refractivity contribution in [3.63, 3.8) is 0 Å². The van der Waals surface area contributed by atoms with Gasteiger partial charge in [-0.1, -0.05) is 30.0 Å². The van der Waals surface area contributed by atoms with Crippen LogP contribution in [0.3, 0.4) is 0 Å². The normalized spacial score (nSPS) is 17.0. The van der Waals surface area contributed by atoms with Gasteiger partial charge in [-0.2, -0.15) is 0 Å². The molecule has 1 aliphatic rings. The van der Waals surface area contributed by atoms with E-state index in [1.807, 2.05) is 12.1 Å². The highest BCUT2D eigenvalue weighted by atomic mass is 32.2. The van der Waals surface area contributed by atoms with Gasteiger partial charge in [0.1, 0.15) is 17.7 Å². The van der Waals surface area contributed by atoms with Crippen LogP contribution in [-0.4, -0.2) is 26.6 Å². The summed E-state index contributed by atoms with van der Waals surface area (Å²) in [4.78, 5) is 0. The van der Waals surface area contributed by atoms with E-state index in [1.54, 1.807) is 11.8 Å². The lowest BCUT2D eigenvalue weighted by atomic mass is 10.1. The number of nitrogens with zero attached hydrogens (tertiary/aromatic N) is 3. The van der Waals surface area contributed by atoms with Crippen molar-refractivity contribution >= 4 is 11.8 Å². The molecular weight excluding hydrogens is 284 g/mol. The smallest absolute Gasteiger partial charge is 0.191 e. The molecule has 1 aliphatic heterocycles. The number of aromatic nitrogens is 3. The van der Waals surface area contributed by atoms with Gasteiger partial charge in [-0.05, 0) is 25.5 Å². The first-order valence-corrected chi connectivity index (χ1v) is 8.18. The largest absolute Gasteiger partial charge is 0.489 e. The van der Waals surface area contributed by atoms with E-state index in [0.717, 1.165) is 28.9 Å². The van der Waals surface area contributed by atoms with Crippen molar-refractivity contribution in [1.29, 1.82) is 0 Å². The van der Waals surface area contributed by atoms with Crippen molar-refractivity contribution in [2.75, 3.05) is 5.75 Å². The van der Waals surface area contributed by atoms with Gasteiger partial charge in [-0.3, -0.25) is 0 Å². The molecule has 0 radical (unpaired) electrons. The van der Waals surface area contributed by atoms with Gasteiger partial charge in [-0.15, -0.1) is 10.2 Å². The van der Waals surface area contributed by atoms with Crippen molar-refractivity contribution in [2.45, 2.75) is 44.1 Å². The summed E-state index contributed by atoms with van der Waals surface area (Å²) in [5.41, 5.74) is 7.01. The molecule has 2 N–H and O–H groups in total. The molecule has 1 aromatic carbocycles.